The number of rotatable bonds is 1. The van der Waals surface area contributed by atoms with Gasteiger partial charge in [0.15, 0.2) is 0 Å². The molecule has 0 atom stereocenters. The van der Waals surface area contributed by atoms with E-state index in [-0.39, 0.29) is 18.0 Å². The van der Waals surface area contributed by atoms with Crippen LogP contribution in [-0.2, 0) is 23.2 Å². The molecule has 0 saturated heterocycles. The molecule has 0 spiro atoms. The van der Waals surface area contributed by atoms with Crippen LogP contribution in [0.4, 0.5) is 0 Å². The SMILES string of the molecule is CC1(C)C(=O)CCc2c1ccc1c2C(=O)C(=O)c2c(CO)coc2-1. The highest BCUT2D eigenvalue weighted by molar-refractivity contribution is 6.53. The van der Waals surface area contributed by atoms with Gasteiger partial charge < -0.3 is 9.52 Å². The molecule has 0 fully saturated rings. The molecule has 2 aliphatic carbocycles. The van der Waals surface area contributed by atoms with E-state index in [1.165, 1.54) is 6.26 Å². The first-order valence-corrected chi connectivity index (χ1v) is 7.88. The Morgan fingerprint density at radius 3 is 2.50 bits per heavy atom. The molecule has 1 heterocycles. The third-order valence-corrected chi connectivity index (χ3v) is 5.23. The van der Waals surface area contributed by atoms with E-state index in [0.717, 1.165) is 11.1 Å². The van der Waals surface area contributed by atoms with Crippen LogP contribution in [-0.4, -0.2) is 22.5 Å². The van der Waals surface area contributed by atoms with Crippen molar-refractivity contribution in [3.05, 3.63) is 46.2 Å². The molecule has 1 N–H and O–H groups in total. The number of furan rings is 1. The highest BCUT2D eigenvalue weighted by Gasteiger charge is 2.42. The minimum absolute atomic E-state index is 0.130. The lowest BCUT2D eigenvalue weighted by molar-refractivity contribution is -0.124. The van der Waals surface area contributed by atoms with E-state index >= 15 is 0 Å². The average Bonchev–Trinajstić information content (AvgIpc) is 2.99. The maximum Gasteiger partial charge on any atom is 0.237 e. The second-order valence-electron chi connectivity index (χ2n) is 6.84. The van der Waals surface area contributed by atoms with Crippen LogP contribution in [0.3, 0.4) is 0 Å². The van der Waals surface area contributed by atoms with E-state index in [9.17, 15) is 19.5 Å². The summed E-state index contributed by atoms with van der Waals surface area (Å²) in [6, 6.07) is 3.58. The molecule has 0 amide bonds. The molecule has 2 aliphatic rings. The molecule has 0 unspecified atom stereocenters. The van der Waals surface area contributed by atoms with E-state index < -0.39 is 17.0 Å². The van der Waals surface area contributed by atoms with Gasteiger partial charge in [-0.2, -0.15) is 0 Å². The van der Waals surface area contributed by atoms with E-state index in [4.69, 9.17) is 4.42 Å². The third kappa shape index (κ3) is 1.70. The summed E-state index contributed by atoms with van der Waals surface area (Å²) in [6.45, 7) is 3.33. The Kier molecular flexibility index (Phi) is 2.97. The topological polar surface area (TPSA) is 84.6 Å². The number of Topliss-reactive ketones (excluding diaryl/α,β-unsaturated/α-hetero) is 3. The summed E-state index contributed by atoms with van der Waals surface area (Å²) in [5, 5.41) is 9.36. The van der Waals surface area contributed by atoms with Crippen LogP contribution < -0.4 is 0 Å². The molecule has 4 rings (SSSR count). The number of carbonyl (C=O) groups excluding carboxylic acids is 3. The van der Waals surface area contributed by atoms with Crippen molar-refractivity contribution >= 4 is 17.3 Å². The summed E-state index contributed by atoms with van der Waals surface area (Å²) in [7, 11) is 0. The van der Waals surface area contributed by atoms with Gasteiger partial charge in [0, 0.05) is 28.5 Å². The fraction of sp³-hybridized carbons (Fsp3) is 0.316. The van der Waals surface area contributed by atoms with Gasteiger partial charge in [-0.1, -0.05) is 12.1 Å². The summed E-state index contributed by atoms with van der Waals surface area (Å²) < 4.78 is 5.49. The van der Waals surface area contributed by atoms with Gasteiger partial charge in [0.05, 0.1) is 18.4 Å². The molecular weight excluding hydrogens is 308 g/mol. The van der Waals surface area contributed by atoms with Crippen LogP contribution >= 0.6 is 0 Å². The first-order chi connectivity index (χ1) is 11.4. The smallest absolute Gasteiger partial charge is 0.237 e. The number of hydrogen-bond donors (Lipinski definition) is 1. The largest absolute Gasteiger partial charge is 0.463 e. The molecule has 5 nitrogen and oxygen atoms in total. The second-order valence-corrected chi connectivity index (χ2v) is 6.84. The van der Waals surface area contributed by atoms with Crippen LogP contribution in [0.25, 0.3) is 11.3 Å². The lowest BCUT2D eigenvalue weighted by Crippen LogP contribution is -2.36. The molecule has 1 aromatic carbocycles. The molecule has 0 saturated carbocycles. The van der Waals surface area contributed by atoms with Crippen molar-refractivity contribution in [1.29, 1.82) is 0 Å². The molecule has 0 bridgehead atoms. The van der Waals surface area contributed by atoms with Crippen LogP contribution in [0.2, 0.25) is 0 Å². The molecule has 5 heteroatoms. The van der Waals surface area contributed by atoms with Crippen molar-refractivity contribution in [3.63, 3.8) is 0 Å². The molecule has 2 aromatic rings. The van der Waals surface area contributed by atoms with Crippen LogP contribution in [0, 0.1) is 0 Å². The second kappa shape index (κ2) is 4.74. The third-order valence-electron chi connectivity index (χ3n) is 5.23. The zero-order valence-electron chi connectivity index (χ0n) is 13.4. The number of aliphatic hydroxyl groups excluding tert-OH is 1. The van der Waals surface area contributed by atoms with Crippen molar-refractivity contribution in [2.75, 3.05) is 0 Å². The van der Waals surface area contributed by atoms with E-state index in [2.05, 4.69) is 0 Å². The monoisotopic (exact) mass is 324 g/mol. The number of fused-ring (bicyclic) bond motifs is 5. The highest BCUT2D eigenvalue weighted by Crippen LogP contribution is 2.43. The van der Waals surface area contributed by atoms with Crippen molar-refractivity contribution in [1.82, 2.24) is 0 Å². The molecule has 1 aromatic heterocycles. The Hall–Kier alpha value is -2.53. The maximum absolute atomic E-state index is 12.8. The van der Waals surface area contributed by atoms with Gasteiger partial charge in [-0.05, 0) is 31.4 Å². The van der Waals surface area contributed by atoms with E-state index in [1.807, 2.05) is 19.9 Å². The molecule has 0 radical (unpaired) electrons. The molecular formula is C19H16O5. The Labute approximate surface area is 138 Å². The van der Waals surface area contributed by atoms with Crippen LogP contribution in [0.5, 0.6) is 0 Å². The summed E-state index contributed by atoms with van der Waals surface area (Å²) in [6.07, 6.45) is 2.12. The number of carbonyl (C=O) groups is 3. The Balaban J connectivity index is 2.04. The van der Waals surface area contributed by atoms with Crippen LogP contribution in [0.1, 0.15) is 57.7 Å². The number of ketones is 3. The summed E-state index contributed by atoms with van der Waals surface area (Å²) >= 11 is 0. The average molecular weight is 324 g/mol. The predicted molar refractivity (Wildman–Crippen MR) is 85.1 cm³/mol. The lowest BCUT2D eigenvalue weighted by atomic mass is 9.68. The molecule has 24 heavy (non-hydrogen) atoms. The van der Waals surface area contributed by atoms with Crippen molar-refractivity contribution < 1.29 is 23.9 Å². The highest BCUT2D eigenvalue weighted by atomic mass is 16.3. The first-order valence-electron chi connectivity index (χ1n) is 7.88. The van der Waals surface area contributed by atoms with Crippen molar-refractivity contribution in [3.8, 4) is 11.3 Å². The van der Waals surface area contributed by atoms with Gasteiger partial charge >= 0.3 is 0 Å². The standard InChI is InChI=1S/C19H16O5/c1-19(2)12-5-3-11-15(10(12)4-6-13(19)21)17(23)16(22)14-9(7-20)8-24-18(11)14/h3,5,8,20H,4,6-7H2,1-2H3. The minimum Gasteiger partial charge on any atom is -0.463 e. The Morgan fingerprint density at radius 1 is 1.08 bits per heavy atom. The van der Waals surface area contributed by atoms with Gasteiger partial charge in [0.25, 0.3) is 0 Å². The minimum atomic E-state index is -0.675. The van der Waals surface area contributed by atoms with Gasteiger partial charge in [0.2, 0.25) is 11.6 Å². The number of aliphatic hydroxyl groups is 1. The Bertz CT molecular complexity index is 929. The normalized spacial score (nSPS) is 18.2. The maximum atomic E-state index is 12.8. The van der Waals surface area contributed by atoms with E-state index in [1.54, 1.807) is 6.07 Å². The summed E-state index contributed by atoms with van der Waals surface area (Å²) in [4.78, 5) is 37.5. The van der Waals surface area contributed by atoms with Gasteiger partial charge in [0.1, 0.15) is 11.5 Å². The Morgan fingerprint density at radius 2 is 1.79 bits per heavy atom. The quantitative estimate of drug-likeness (QED) is 0.815. The zero-order valence-corrected chi connectivity index (χ0v) is 13.4. The van der Waals surface area contributed by atoms with Crippen LogP contribution in [0.15, 0.2) is 22.8 Å². The van der Waals surface area contributed by atoms with Crippen molar-refractivity contribution in [2.24, 2.45) is 0 Å². The van der Waals surface area contributed by atoms with Gasteiger partial charge in [-0.25, -0.2) is 0 Å². The van der Waals surface area contributed by atoms with Crippen molar-refractivity contribution in [2.45, 2.75) is 38.7 Å². The predicted octanol–water partition coefficient (Wildman–Crippen LogP) is 2.61. The number of benzene rings is 1. The van der Waals surface area contributed by atoms with Gasteiger partial charge in [-0.3, -0.25) is 14.4 Å². The molecule has 122 valence electrons. The molecule has 0 aliphatic heterocycles. The first kappa shape index (κ1) is 15.0. The lowest BCUT2D eigenvalue weighted by Gasteiger charge is -2.33. The number of hydrogen-bond acceptors (Lipinski definition) is 5. The zero-order chi connectivity index (χ0) is 17.2. The summed E-state index contributed by atoms with van der Waals surface area (Å²) in [5.41, 5.74) is 2.29. The fourth-order valence-electron chi connectivity index (χ4n) is 3.83. The fourth-order valence-corrected chi connectivity index (χ4v) is 3.83. The summed E-state index contributed by atoms with van der Waals surface area (Å²) in [5.74, 6) is -0.782. The van der Waals surface area contributed by atoms with Gasteiger partial charge in [-0.15, -0.1) is 0 Å². The van der Waals surface area contributed by atoms with E-state index in [0.29, 0.717) is 35.3 Å².